The number of benzene rings is 2. The molecule has 1 aliphatic rings. The third kappa shape index (κ3) is 4.41. The number of fused-ring (bicyclic) bond motifs is 1. The Kier molecular flexibility index (Phi) is 6.60. The maximum Gasteiger partial charge on any atom is 0.257 e. The summed E-state index contributed by atoms with van der Waals surface area (Å²) in [6, 6.07) is 10.1. The van der Waals surface area contributed by atoms with Crippen molar-refractivity contribution < 1.29 is 18.7 Å². The van der Waals surface area contributed by atoms with Crippen LogP contribution in [0.4, 0.5) is 10.1 Å². The highest BCUT2D eigenvalue weighted by Gasteiger charge is 2.28. The van der Waals surface area contributed by atoms with Crippen LogP contribution in [-0.2, 0) is 23.0 Å². The molecule has 0 unspecified atom stereocenters. The van der Waals surface area contributed by atoms with Crippen molar-refractivity contribution in [1.29, 1.82) is 0 Å². The van der Waals surface area contributed by atoms with E-state index in [4.69, 9.17) is 16.3 Å². The van der Waals surface area contributed by atoms with Gasteiger partial charge in [-0.3, -0.25) is 14.5 Å². The SMILES string of the molecule is CO[C@H](C(=O)Cc1cc(Cl)c(NC(=O)c2cn(C)c3ccccc23)cc1F)N1CCCC1. The predicted molar refractivity (Wildman–Crippen MR) is 123 cm³/mol. The van der Waals surface area contributed by atoms with Crippen molar-refractivity contribution in [3.63, 3.8) is 0 Å². The van der Waals surface area contributed by atoms with Crippen LogP contribution in [0.2, 0.25) is 5.02 Å². The van der Waals surface area contributed by atoms with Crippen LogP contribution in [0.25, 0.3) is 10.9 Å². The minimum Gasteiger partial charge on any atom is -0.359 e. The lowest BCUT2D eigenvalue weighted by molar-refractivity contribution is -0.138. The molecule has 0 radical (unpaired) electrons. The second-order valence-electron chi connectivity index (χ2n) is 8.02. The summed E-state index contributed by atoms with van der Waals surface area (Å²) in [5.41, 5.74) is 1.70. The van der Waals surface area contributed by atoms with Crippen molar-refractivity contribution in [3.05, 3.63) is 64.6 Å². The van der Waals surface area contributed by atoms with Crippen LogP contribution in [0, 0.1) is 5.82 Å². The second-order valence-corrected chi connectivity index (χ2v) is 8.43. The standard InChI is InChI=1S/C24H25ClFN3O3/c1-28-14-17(16-7-3-4-8-21(16)28)23(31)27-20-13-19(26)15(11-18(20)25)12-22(30)24(32-2)29-9-5-6-10-29/h3-4,7-8,11,13-14,24H,5-6,9-10,12H2,1-2H3,(H,27,31)/t24-/m1/s1. The maximum atomic E-state index is 14.8. The van der Waals surface area contributed by atoms with Crippen LogP contribution in [0.15, 0.2) is 42.6 Å². The molecule has 168 valence electrons. The Balaban J connectivity index is 1.52. The highest BCUT2D eigenvalue weighted by molar-refractivity contribution is 6.34. The number of nitrogens with zero attached hydrogens (tertiary/aromatic N) is 2. The summed E-state index contributed by atoms with van der Waals surface area (Å²) in [5.74, 6) is -1.22. The average molecular weight is 458 g/mol. The van der Waals surface area contributed by atoms with Gasteiger partial charge < -0.3 is 14.6 Å². The van der Waals surface area contributed by atoms with E-state index in [2.05, 4.69) is 5.32 Å². The molecule has 8 heteroatoms. The van der Waals surface area contributed by atoms with E-state index in [9.17, 15) is 14.0 Å². The van der Waals surface area contributed by atoms with E-state index >= 15 is 0 Å². The molecule has 0 aliphatic carbocycles. The number of hydrogen-bond donors (Lipinski definition) is 1. The third-order valence-electron chi connectivity index (χ3n) is 5.86. The fourth-order valence-electron chi connectivity index (χ4n) is 4.27. The number of carbonyl (C=O) groups excluding carboxylic acids is 2. The van der Waals surface area contributed by atoms with Gasteiger partial charge in [0.15, 0.2) is 12.0 Å². The van der Waals surface area contributed by atoms with Crippen molar-refractivity contribution in [3.8, 4) is 0 Å². The van der Waals surface area contributed by atoms with Gasteiger partial charge in [0.2, 0.25) is 0 Å². The first-order valence-electron chi connectivity index (χ1n) is 10.5. The van der Waals surface area contributed by atoms with E-state index in [0.29, 0.717) is 5.56 Å². The van der Waals surface area contributed by atoms with Crippen molar-refractivity contribution in [2.75, 3.05) is 25.5 Å². The highest BCUT2D eigenvalue weighted by Crippen LogP contribution is 2.28. The van der Waals surface area contributed by atoms with Crippen LogP contribution in [0.1, 0.15) is 28.8 Å². The summed E-state index contributed by atoms with van der Waals surface area (Å²) >= 11 is 6.34. The van der Waals surface area contributed by atoms with E-state index in [1.807, 2.05) is 40.8 Å². The first kappa shape index (κ1) is 22.5. The molecule has 1 amide bonds. The van der Waals surface area contributed by atoms with Crippen LogP contribution >= 0.6 is 11.6 Å². The van der Waals surface area contributed by atoms with Gasteiger partial charge in [0.25, 0.3) is 5.91 Å². The molecule has 2 aromatic carbocycles. The Labute approximate surface area is 190 Å². The van der Waals surface area contributed by atoms with E-state index in [1.54, 1.807) is 6.20 Å². The molecule has 6 nitrogen and oxygen atoms in total. The lowest BCUT2D eigenvalue weighted by Gasteiger charge is -2.24. The van der Waals surface area contributed by atoms with Crippen LogP contribution in [0.5, 0.6) is 0 Å². The molecular formula is C24H25ClFN3O3. The van der Waals surface area contributed by atoms with Crippen molar-refractivity contribution >= 4 is 39.9 Å². The Morgan fingerprint density at radius 3 is 2.66 bits per heavy atom. The van der Waals surface area contributed by atoms with Gasteiger partial charge in [-0.25, -0.2) is 4.39 Å². The number of anilines is 1. The summed E-state index contributed by atoms with van der Waals surface area (Å²) in [7, 11) is 3.34. The van der Waals surface area contributed by atoms with E-state index in [-0.39, 0.29) is 34.4 Å². The fourth-order valence-corrected chi connectivity index (χ4v) is 4.50. The molecule has 0 bridgehead atoms. The number of para-hydroxylation sites is 1. The summed E-state index contributed by atoms with van der Waals surface area (Å²) < 4.78 is 22.0. The monoisotopic (exact) mass is 457 g/mol. The zero-order valence-corrected chi connectivity index (χ0v) is 18.8. The number of aromatic nitrogens is 1. The molecule has 1 saturated heterocycles. The maximum absolute atomic E-state index is 14.8. The minimum atomic E-state index is -0.693. The van der Waals surface area contributed by atoms with Gasteiger partial charge in [0, 0.05) is 50.8 Å². The number of amides is 1. The number of carbonyl (C=O) groups is 2. The lowest BCUT2D eigenvalue weighted by Crippen LogP contribution is -2.41. The Morgan fingerprint density at radius 1 is 1.22 bits per heavy atom. The van der Waals surface area contributed by atoms with Gasteiger partial charge in [-0.15, -0.1) is 0 Å². The molecule has 4 rings (SSSR count). The number of rotatable bonds is 7. The number of aryl methyl sites for hydroxylation is 1. The molecule has 1 aliphatic heterocycles. The number of Topliss-reactive ketones (excluding diaryl/α,β-unsaturated/α-hetero) is 1. The van der Waals surface area contributed by atoms with Gasteiger partial charge in [0.05, 0.1) is 16.3 Å². The number of ether oxygens (including phenoxy) is 1. The number of nitrogens with one attached hydrogen (secondary N) is 1. The minimum absolute atomic E-state index is 0.141. The highest BCUT2D eigenvalue weighted by atomic mass is 35.5. The quantitative estimate of drug-likeness (QED) is 0.571. The van der Waals surface area contributed by atoms with Gasteiger partial charge in [0.1, 0.15) is 5.82 Å². The van der Waals surface area contributed by atoms with Gasteiger partial charge in [-0.2, -0.15) is 0 Å². The third-order valence-corrected chi connectivity index (χ3v) is 6.17. The smallest absolute Gasteiger partial charge is 0.257 e. The lowest BCUT2D eigenvalue weighted by atomic mass is 10.1. The van der Waals surface area contributed by atoms with Gasteiger partial charge in [-0.1, -0.05) is 29.8 Å². The number of halogens is 2. The van der Waals surface area contributed by atoms with E-state index < -0.39 is 12.0 Å². The average Bonchev–Trinajstić information content (AvgIpc) is 3.41. The molecule has 2 heterocycles. The van der Waals surface area contributed by atoms with E-state index in [1.165, 1.54) is 13.2 Å². The largest absolute Gasteiger partial charge is 0.359 e. The summed E-state index contributed by atoms with van der Waals surface area (Å²) in [4.78, 5) is 27.5. The number of hydrogen-bond acceptors (Lipinski definition) is 4. The molecular weight excluding hydrogens is 433 g/mol. The summed E-state index contributed by atoms with van der Waals surface area (Å²) in [6.45, 7) is 1.57. The van der Waals surface area contributed by atoms with Gasteiger partial charge >= 0.3 is 0 Å². The van der Waals surface area contributed by atoms with Crippen LogP contribution in [0.3, 0.4) is 0 Å². The number of methoxy groups -OCH3 is 1. The zero-order valence-electron chi connectivity index (χ0n) is 18.0. The Morgan fingerprint density at radius 2 is 1.94 bits per heavy atom. The van der Waals surface area contributed by atoms with E-state index in [0.717, 1.165) is 42.9 Å². The topological polar surface area (TPSA) is 63.6 Å². The van der Waals surface area contributed by atoms with Crippen molar-refractivity contribution in [2.45, 2.75) is 25.5 Å². The first-order chi connectivity index (χ1) is 15.4. The van der Waals surface area contributed by atoms with Crippen LogP contribution < -0.4 is 5.32 Å². The number of ketones is 1. The first-order valence-corrected chi connectivity index (χ1v) is 10.9. The zero-order chi connectivity index (χ0) is 22.8. The molecule has 32 heavy (non-hydrogen) atoms. The molecule has 0 spiro atoms. The molecule has 1 N–H and O–H groups in total. The summed E-state index contributed by atoms with van der Waals surface area (Å²) in [5, 5.41) is 3.65. The fraction of sp³-hybridized carbons (Fsp3) is 0.333. The second kappa shape index (κ2) is 9.40. The Bertz CT molecular complexity index is 1170. The molecule has 1 aromatic heterocycles. The predicted octanol–water partition coefficient (Wildman–Crippen LogP) is 4.40. The normalized spacial score (nSPS) is 15.2. The van der Waals surface area contributed by atoms with Crippen molar-refractivity contribution in [1.82, 2.24) is 9.47 Å². The Hall–Kier alpha value is -2.74. The number of likely N-dealkylation sites (tertiary alicyclic amines) is 1. The molecule has 1 fully saturated rings. The van der Waals surface area contributed by atoms with Crippen molar-refractivity contribution in [2.24, 2.45) is 7.05 Å². The summed E-state index contributed by atoms with van der Waals surface area (Å²) in [6.07, 6.45) is 2.91. The van der Waals surface area contributed by atoms with Crippen LogP contribution in [-0.4, -0.2) is 47.6 Å². The van der Waals surface area contributed by atoms with Gasteiger partial charge in [-0.05, 0) is 36.6 Å². The molecule has 3 aromatic rings. The molecule has 0 saturated carbocycles. The molecule has 1 atom stereocenters.